The monoisotopic (exact) mass is 354 g/mol. The predicted molar refractivity (Wildman–Crippen MR) is 92.4 cm³/mol. The zero-order chi connectivity index (χ0) is 17.0. The number of halogens is 3. The van der Waals surface area contributed by atoms with Crippen molar-refractivity contribution < 1.29 is 9.18 Å². The first-order valence-corrected chi connectivity index (χ1v) is 7.83. The smallest absolute Gasteiger partial charge is 0.241 e. The lowest BCUT2D eigenvalue weighted by Gasteiger charge is -2.24. The largest absolute Gasteiger partial charge is 0.322 e. The van der Waals surface area contributed by atoms with Crippen LogP contribution in [-0.2, 0) is 11.3 Å². The van der Waals surface area contributed by atoms with Crippen molar-refractivity contribution in [3.8, 4) is 0 Å². The van der Waals surface area contributed by atoms with E-state index in [0.717, 1.165) is 5.56 Å². The van der Waals surface area contributed by atoms with Crippen LogP contribution < -0.4 is 5.32 Å². The van der Waals surface area contributed by atoms with E-state index in [-0.39, 0.29) is 11.6 Å². The van der Waals surface area contributed by atoms with Crippen LogP contribution >= 0.6 is 23.2 Å². The van der Waals surface area contributed by atoms with Gasteiger partial charge in [0, 0.05) is 6.54 Å². The predicted octanol–water partition coefficient (Wildman–Crippen LogP) is 4.59. The molecule has 0 aliphatic rings. The van der Waals surface area contributed by atoms with Crippen molar-refractivity contribution in [3.63, 3.8) is 0 Å². The molecule has 122 valence electrons. The molecule has 0 unspecified atom stereocenters. The first kappa shape index (κ1) is 17.7. The van der Waals surface area contributed by atoms with E-state index in [1.807, 2.05) is 18.0 Å². The van der Waals surface area contributed by atoms with Crippen LogP contribution in [0.1, 0.15) is 12.5 Å². The molecule has 2 aromatic rings. The van der Waals surface area contributed by atoms with Crippen LogP contribution in [0.3, 0.4) is 0 Å². The fourth-order valence-electron chi connectivity index (χ4n) is 2.06. The highest BCUT2D eigenvalue weighted by Gasteiger charge is 2.19. The third-order valence-electron chi connectivity index (χ3n) is 3.59. The van der Waals surface area contributed by atoms with Gasteiger partial charge in [-0.2, -0.15) is 0 Å². The van der Waals surface area contributed by atoms with Gasteiger partial charge in [0.05, 0.1) is 21.8 Å². The fraction of sp³-hybridized carbons (Fsp3) is 0.235. The lowest BCUT2D eigenvalue weighted by atomic mass is 10.2. The molecule has 1 atom stereocenters. The highest BCUT2D eigenvalue weighted by molar-refractivity contribution is 6.42. The van der Waals surface area contributed by atoms with Gasteiger partial charge in [0.15, 0.2) is 0 Å². The fourth-order valence-corrected chi connectivity index (χ4v) is 2.38. The number of hydrogen-bond acceptors (Lipinski definition) is 2. The van der Waals surface area contributed by atoms with Crippen LogP contribution in [0.4, 0.5) is 10.1 Å². The Bertz CT molecular complexity index is 709. The SMILES string of the molecule is C[C@H](C(=O)Nc1ccccc1F)N(C)Cc1ccc(Cl)c(Cl)c1. The molecule has 0 radical (unpaired) electrons. The molecule has 0 fully saturated rings. The molecule has 0 aliphatic carbocycles. The van der Waals surface area contributed by atoms with Gasteiger partial charge in [-0.1, -0.05) is 41.4 Å². The summed E-state index contributed by atoms with van der Waals surface area (Å²) in [5, 5.41) is 3.56. The quantitative estimate of drug-likeness (QED) is 0.851. The van der Waals surface area contributed by atoms with Crippen LogP contribution in [0.15, 0.2) is 42.5 Å². The van der Waals surface area contributed by atoms with Crippen LogP contribution in [0.5, 0.6) is 0 Å². The highest BCUT2D eigenvalue weighted by Crippen LogP contribution is 2.23. The normalized spacial score (nSPS) is 12.3. The van der Waals surface area contributed by atoms with E-state index in [9.17, 15) is 9.18 Å². The maximum absolute atomic E-state index is 13.6. The van der Waals surface area contributed by atoms with E-state index in [0.29, 0.717) is 16.6 Å². The molecule has 2 rings (SSSR count). The van der Waals surface area contributed by atoms with Crippen LogP contribution in [0, 0.1) is 5.82 Å². The summed E-state index contributed by atoms with van der Waals surface area (Å²) in [6, 6.07) is 11.0. The van der Waals surface area contributed by atoms with Crippen LogP contribution in [0.25, 0.3) is 0 Å². The molecule has 0 saturated heterocycles. The highest BCUT2D eigenvalue weighted by atomic mass is 35.5. The minimum atomic E-state index is -0.458. The molecular formula is C17H17Cl2FN2O. The Morgan fingerprint density at radius 3 is 2.57 bits per heavy atom. The minimum absolute atomic E-state index is 0.173. The van der Waals surface area contributed by atoms with E-state index in [2.05, 4.69) is 5.32 Å². The molecular weight excluding hydrogens is 338 g/mol. The molecule has 0 bridgehead atoms. The lowest BCUT2D eigenvalue weighted by Crippen LogP contribution is -2.39. The summed E-state index contributed by atoms with van der Waals surface area (Å²) >= 11 is 11.9. The minimum Gasteiger partial charge on any atom is -0.322 e. The van der Waals surface area contributed by atoms with E-state index < -0.39 is 11.9 Å². The van der Waals surface area contributed by atoms with Gasteiger partial charge in [-0.25, -0.2) is 4.39 Å². The van der Waals surface area contributed by atoms with Gasteiger partial charge in [0.25, 0.3) is 0 Å². The van der Waals surface area contributed by atoms with E-state index in [4.69, 9.17) is 23.2 Å². The molecule has 0 saturated carbocycles. The van der Waals surface area contributed by atoms with E-state index >= 15 is 0 Å². The second kappa shape index (κ2) is 7.77. The van der Waals surface area contributed by atoms with Gasteiger partial charge in [0.2, 0.25) is 5.91 Å². The first-order chi connectivity index (χ1) is 10.9. The summed E-state index contributed by atoms with van der Waals surface area (Å²) in [7, 11) is 1.81. The van der Waals surface area contributed by atoms with Gasteiger partial charge in [-0.15, -0.1) is 0 Å². The maximum Gasteiger partial charge on any atom is 0.241 e. The van der Waals surface area contributed by atoms with Crippen LogP contribution in [0.2, 0.25) is 10.0 Å². The third kappa shape index (κ3) is 4.67. The zero-order valence-corrected chi connectivity index (χ0v) is 14.3. The molecule has 3 nitrogen and oxygen atoms in total. The Hall–Kier alpha value is -1.62. The van der Waals surface area contributed by atoms with Crippen molar-refractivity contribution in [1.82, 2.24) is 4.90 Å². The number of benzene rings is 2. The first-order valence-electron chi connectivity index (χ1n) is 7.08. The Morgan fingerprint density at radius 1 is 1.22 bits per heavy atom. The molecule has 0 heterocycles. The molecule has 23 heavy (non-hydrogen) atoms. The Balaban J connectivity index is 2.01. The maximum atomic E-state index is 13.6. The molecule has 0 aliphatic heterocycles. The number of amides is 1. The number of para-hydroxylation sites is 1. The summed E-state index contributed by atoms with van der Waals surface area (Å²) in [6.45, 7) is 2.27. The average molecular weight is 355 g/mol. The standard InChI is InChI=1S/C17H17Cl2FN2O/c1-11(17(23)21-16-6-4-3-5-15(16)20)22(2)10-12-7-8-13(18)14(19)9-12/h3-9,11H,10H2,1-2H3,(H,21,23)/t11-/m1/s1. The van der Waals surface area contributed by atoms with Crippen molar-refractivity contribution in [1.29, 1.82) is 0 Å². The van der Waals surface area contributed by atoms with Crippen molar-refractivity contribution in [2.75, 3.05) is 12.4 Å². The van der Waals surface area contributed by atoms with Crippen molar-refractivity contribution in [2.24, 2.45) is 0 Å². The van der Waals surface area contributed by atoms with Gasteiger partial charge in [-0.3, -0.25) is 9.69 Å². The van der Waals surface area contributed by atoms with E-state index in [1.165, 1.54) is 12.1 Å². The second-order valence-corrected chi connectivity index (χ2v) is 6.12. The second-order valence-electron chi connectivity index (χ2n) is 5.31. The van der Waals surface area contributed by atoms with Crippen molar-refractivity contribution >= 4 is 34.8 Å². The molecule has 0 spiro atoms. The third-order valence-corrected chi connectivity index (χ3v) is 4.33. The summed E-state index contributed by atoms with van der Waals surface area (Å²) in [4.78, 5) is 14.1. The Morgan fingerprint density at radius 2 is 1.91 bits per heavy atom. The zero-order valence-electron chi connectivity index (χ0n) is 12.8. The van der Waals surface area contributed by atoms with Gasteiger partial charge in [-0.05, 0) is 43.8 Å². The Kier molecular flexibility index (Phi) is 5.99. The summed E-state index contributed by atoms with van der Waals surface area (Å²) in [6.07, 6.45) is 0. The number of carbonyl (C=O) groups excluding carboxylic acids is 1. The summed E-state index contributed by atoms with van der Waals surface area (Å²) in [5.74, 6) is -0.738. The van der Waals surface area contributed by atoms with Gasteiger partial charge >= 0.3 is 0 Å². The molecule has 1 amide bonds. The molecule has 1 N–H and O–H groups in total. The number of nitrogens with one attached hydrogen (secondary N) is 1. The number of rotatable bonds is 5. The van der Waals surface area contributed by atoms with Crippen molar-refractivity contribution in [2.45, 2.75) is 19.5 Å². The van der Waals surface area contributed by atoms with Crippen LogP contribution in [-0.4, -0.2) is 23.9 Å². The Labute approximate surface area is 145 Å². The summed E-state index contributed by atoms with van der Waals surface area (Å²) < 4.78 is 13.6. The topological polar surface area (TPSA) is 32.3 Å². The lowest BCUT2D eigenvalue weighted by molar-refractivity contribution is -0.120. The van der Waals surface area contributed by atoms with Gasteiger partial charge in [0.1, 0.15) is 5.82 Å². The number of nitrogens with zero attached hydrogens (tertiary/aromatic N) is 1. The number of carbonyl (C=O) groups is 1. The van der Waals surface area contributed by atoms with E-state index in [1.54, 1.807) is 31.2 Å². The van der Waals surface area contributed by atoms with Crippen molar-refractivity contribution in [3.05, 3.63) is 63.9 Å². The number of hydrogen-bond donors (Lipinski definition) is 1. The van der Waals surface area contributed by atoms with Gasteiger partial charge < -0.3 is 5.32 Å². The molecule has 0 aromatic heterocycles. The number of anilines is 1. The summed E-state index contributed by atoms with van der Waals surface area (Å²) in [5.41, 5.74) is 1.11. The molecule has 6 heteroatoms. The number of likely N-dealkylation sites (N-methyl/N-ethyl adjacent to an activating group) is 1. The average Bonchev–Trinajstić information content (AvgIpc) is 2.52. The molecule has 2 aromatic carbocycles.